The molecule has 0 fully saturated rings. The van der Waals surface area contributed by atoms with Crippen molar-refractivity contribution >= 4 is 12.4 Å². The predicted octanol–water partition coefficient (Wildman–Crippen LogP) is 2.72. The van der Waals surface area contributed by atoms with Gasteiger partial charge in [-0.2, -0.15) is 0 Å². The van der Waals surface area contributed by atoms with Gasteiger partial charge in [-0.1, -0.05) is 0 Å². The molecule has 51 valence electrons. The van der Waals surface area contributed by atoms with Crippen LogP contribution in [-0.4, -0.2) is 0 Å². The average molecular weight is 207 g/mol. The van der Waals surface area contributed by atoms with E-state index in [-0.39, 0.29) is 12.4 Å². The standard InChI is InChI=1S/C8H9.ClH.Zn/c1-2-8-6-4-3-5-7-8;;/h2-7H,1H3;1H;. The van der Waals surface area contributed by atoms with Crippen LogP contribution in [0.1, 0.15) is 17.0 Å². The van der Waals surface area contributed by atoms with E-state index in [0.717, 1.165) is 4.51 Å². The van der Waals surface area contributed by atoms with Gasteiger partial charge in [-0.25, -0.2) is 0 Å². The normalized spacial score (nSPS) is 11.9. The Morgan fingerprint density at radius 1 is 1.20 bits per heavy atom. The van der Waals surface area contributed by atoms with E-state index in [9.17, 15) is 0 Å². The van der Waals surface area contributed by atoms with Crippen molar-refractivity contribution in [2.24, 2.45) is 0 Å². The van der Waals surface area contributed by atoms with E-state index in [2.05, 4.69) is 37.3 Å². The maximum absolute atomic E-state index is 2.26. The zero-order valence-electron chi connectivity index (χ0n) is 6.08. The summed E-state index contributed by atoms with van der Waals surface area (Å²) in [7, 11) is 0. The largest absolute Gasteiger partial charge is 0.147 e. The predicted molar refractivity (Wildman–Crippen MR) is 42.1 cm³/mol. The van der Waals surface area contributed by atoms with Crippen molar-refractivity contribution in [1.82, 2.24) is 0 Å². The first-order valence-corrected chi connectivity index (χ1v) is 4.90. The van der Waals surface area contributed by atoms with Gasteiger partial charge in [0.2, 0.25) is 0 Å². The van der Waals surface area contributed by atoms with Crippen LogP contribution in [0.25, 0.3) is 0 Å². The molecule has 1 rings (SSSR count). The van der Waals surface area contributed by atoms with Crippen molar-refractivity contribution in [1.29, 1.82) is 0 Å². The van der Waals surface area contributed by atoms with Crippen molar-refractivity contribution in [3.05, 3.63) is 35.9 Å². The number of benzene rings is 1. The minimum atomic E-state index is 0. The molecule has 0 bridgehead atoms. The Hall–Kier alpha value is 0.133. The number of hydrogen-bond acceptors (Lipinski definition) is 0. The van der Waals surface area contributed by atoms with Gasteiger partial charge in [0.15, 0.2) is 0 Å². The van der Waals surface area contributed by atoms with Crippen LogP contribution in [0.5, 0.6) is 0 Å². The van der Waals surface area contributed by atoms with Gasteiger partial charge in [-0.05, 0) is 0 Å². The summed E-state index contributed by atoms with van der Waals surface area (Å²) in [5.74, 6) is 0. The molecule has 0 spiro atoms. The fourth-order valence-electron chi connectivity index (χ4n) is 0.782. The van der Waals surface area contributed by atoms with E-state index in [1.165, 1.54) is 23.9 Å². The monoisotopic (exact) mass is 205 g/mol. The smallest absolute Gasteiger partial charge is 0.147 e. The van der Waals surface area contributed by atoms with Crippen LogP contribution in [0.2, 0.25) is 0 Å². The summed E-state index contributed by atoms with van der Waals surface area (Å²) in [6.45, 7) is 2.26. The molecule has 0 heterocycles. The van der Waals surface area contributed by atoms with E-state index >= 15 is 0 Å². The van der Waals surface area contributed by atoms with Crippen molar-refractivity contribution in [3.63, 3.8) is 0 Å². The molecule has 1 aromatic rings. The molecule has 1 atom stereocenters. The molecule has 0 amide bonds. The van der Waals surface area contributed by atoms with Crippen molar-refractivity contribution in [2.45, 2.75) is 11.4 Å². The Labute approximate surface area is 78.1 Å². The molecule has 0 aromatic heterocycles. The van der Waals surface area contributed by atoms with E-state index in [1.807, 2.05) is 0 Å². The number of rotatable bonds is 1. The molecule has 2 heteroatoms. The topological polar surface area (TPSA) is 0 Å². The second kappa shape index (κ2) is 4.87. The summed E-state index contributed by atoms with van der Waals surface area (Å²) in [5, 5.41) is 0. The zero-order chi connectivity index (χ0) is 6.69. The molecular weight excluding hydrogens is 197 g/mol. The molecule has 0 aliphatic rings. The molecular formula is C8H10ClZn. The van der Waals surface area contributed by atoms with Crippen LogP contribution in [0.4, 0.5) is 0 Å². The third-order valence-corrected chi connectivity index (χ3v) is 2.36. The number of halogens is 1. The second-order valence-corrected chi connectivity index (χ2v) is 4.88. The maximum Gasteiger partial charge on any atom is -0.147 e. The van der Waals surface area contributed by atoms with Gasteiger partial charge < -0.3 is 0 Å². The summed E-state index contributed by atoms with van der Waals surface area (Å²) in [5.41, 5.74) is 1.47. The van der Waals surface area contributed by atoms with E-state index < -0.39 is 0 Å². The molecule has 1 unspecified atom stereocenters. The Morgan fingerprint density at radius 2 is 1.70 bits per heavy atom. The summed E-state index contributed by atoms with van der Waals surface area (Å²) in [4.78, 5) is 0. The van der Waals surface area contributed by atoms with Crippen LogP contribution in [-0.2, 0) is 18.3 Å². The van der Waals surface area contributed by atoms with Gasteiger partial charge in [0, 0.05) is 0 Å². The zero-order valence-corrected chi connectivity index (χ0v) is 9.86. The quantitative estimate of drug-likeness (QED) is 0.621. The van der Waals surface area contributed by atoms with Crippen molar-refractivity contribution in [3.8, 4) is 0 Å². The third-order valence-electron chi connectivity index (χ3n) is 1.37. The first-order valence-electron chi connectivity index (χ1n) is 3.18. The molecule has 0 N–H and O–H groups in total. The second-order valence-electron chi connectivity index (χ2n) is 2.31. The van der Waals surface area contributed by atoms with Gasteiger partial charge in [-0.15, -0.1) is 12.4 Å². The first-order chi connectivity index (χ1) is 4.30. The minimum absolute atomic E-state index is 0. The van der Waals surface area contributed by atoms with Crippen LogP contribution in [0.15, 0.2) is 30.3 Å². The van der Waals surface area contributed by atoms with Gasteiger partial charge in [-0.3, -0.25) is 0 Å². The fraction of sp³-hybridized carbons (Fsp3) is 0.250. The molecule has 0 nitrogen and oxygen atoms in total. The Bertz CT molecular complexity index is 172. The molecule has 10 heavy (non-hydrogen) atoms. The molecule has 0 aliphatic carbocycles. The Morgan fingerprint density at radius 3 is 2.00 bits per heavy atom. The SMILES string of the molecule is C[CH]([Zn])c1ccccc1.Cl. The Balaban J connectivity index is 0.000000810. The third kappa shape index (κ3) is 2.81. The van der Waals surface area contributed by atoms with Gasteiger partial charge in [0.05, 0.1) is 0 Å². The molecule has 1 aromatic carbocycles. The summed E-state index contributed by atoms with van der Waals surface area (Å²) in [6, 6.07) is 10.6. The number of hydrogen-bond donors (Lipinski definition) is 0. The van der Waals surface area contributed by atoms with Crippen LogP contribution in [0, 0.1) is 0 Å². The molecule has 0 saturated carbocycles. The summed E-state index contributed by atoms with van der Waals surface area (Å²) >= 11 is 1.35. The first kappa shape index (κ1) is 10.1. The van der Waals surface area contributed by atoms with Crippen LogP contribution >= 0.6 is 12.4 Å². The Kier molecular flexibility index (Phi) is 4.94. The van der Waals surface area contributed by atoms with Gasteiger partial charge in [0.25, 0.3) is 0 Å². The molecule has 0 saturated heterocycles. The van der Waals surface area contributed by atoms with Crippen molar-refractivity contribution in [2.75, 3.05) is 0 Å². The maximum atomic E-state index is 2.26. The summed E-state index contributed by atoms with van der Waals surface area (Å²) < 4.78 is 0.784. The van der Waals surface area contributed by atoms with Crippen molar-refractivity contribution < 1.29 is 18.3 Å². The van der Waals surface area contributed by atoms with Gasteiger partial charge >= 0.3 is 65.6 Å². The van der Waals surface area contributed by atoms with Crippen LogP contribution < -0.4 is 0 Å². The van der Waals surface area contributed by atoms with E-state index in [0.29, 0.717) is 0 Å². The van der Waals surface area contributed by atoms with Gasteiger partial charge in [0.1, 0.15) is 0 Å². The average Bonchev–Trinajstić information content (AvgIpc) is 1.90. The van der Waals surface area contributed by atoms with E-state index in [1.54, 1.807) is 0 Å². The van der Waals surface area contributed by atoms with E-state index in [4.69, 9.17) is 0 Å². The van der Waals surface area contributed by atoms with Crippen LogP contribution in [0.3, 0.4) is 0 Å². The fourth-order valence-corrected chi connectivity index (χ4v) is 1.35. The molecule has 0 aliphatic heterocycles. The molecule has 0 radical (unpaired) electrons. The summed E-state index contributed by atoms with van der Waals surface area (Å²) in [6.07, 6.45) is 0. The minimum Gasteiger partial charge on any atom is -0.147 e.